The molecule has 0 spiro atoms. The van der Waals surface area contributed by atoms with Gasteiger partial charge < -0.3 is 4.57 Å². The summed E-state index contributed by atoms with van der Waals surface area (Å²) in [6.45, 7) is 3.58. The summed E-state index contributed by atoms with van der Waals surface area (Å²) in [6, 6.07) is 6.00. The van der Waals surface area contributed by atoms with E-state index in [9.17, 15) is 4.79 Å². The van der Waals surface area contributed by atoms with Gasteiger partial charge in [0.25, 0.3) is 0 Å². The fraction of sp³-hybridized carbons (Fsp3) is 0.333. The number of benzene rings is 1. The van der Waals surface area contributed by atoms with E-state index >= 15 is 0 Å². The number of hydrogen-bond acceptors (Lipinski definition) is 2. The third kappa shape index (κ3) is 1.77. The monoisotopic (exact) mass is 202 g/mol. The van der Waals surface area contributed by atoms with Gasteiger partial charge in [-0.05, 0) is 31.5 Å². The summed E-state index contributed by atoms with van der Waals surface area (Å²) in [7, 11) is 2.00. The highest BCUT2D eigenvalue weighted by molar-refractivity contribution is 5.81. The lowest BCUT2D eigenvalue weighted by Gasteiger charge is -1.99. The SMILES string of the molecule is CC(=O)Cc1ccc2c(c1)nc(C)n2C. The number of carbonyl (C=O) groups is 1. The Balaban J connectivity index is 2.52. The lowest BCUT2D eigenvalue weighted by Crippen LogP contribution is -1.96. The van der Waals surface area contributed by atoms with Crippen LogP contribution in [0, 0.1) is 6.92 Å². The Morgan fingerprint density at radius 1 is 1.47 bits per heavy atom. The van der Waals surface area contributed by atoms with E-state index in [4.69, 9.17) is 0 Å². The number of aromatic nitrogens is 2. The van der Waals surface area contributed by atoms with Crippen LogP contribution in [-0.2, 0) is 18.3 Å². The van der Waals surface area contributed by atoms with Gasteiger partial charge in [-0.25, -0.2) is 4.98 Å². The van der Waals surface area contributed by atoms with Gasteiger partial charge in [-0.15, -0.1) is 0 Å². The maximum Gasteiger partial charge on any atom is 0.134 e. The Kier molecular flexibility index (Phi) is 2.31. The standard InChI is InChI=1S/C12H14N2O/c1-8(15)6-10-4-5-12-11(7-10)13-9(2)14(12)3/h4-5,7H,6H2,1-3H3. The van der Waals surface area contributed by atoms with Gasteiger partial charge in [-0.1, -0.05) is 6.07 Å². The summed E-state index contributed by atoms with van der Waals surface area (Å²) < 4.78 is 2.05. The van der Waals surface area contributed by atoms with Crippen molar-refractivity contribution < 1.29 is 4.79 Å². The molecule has 0 N–H and O–H groups in total. The maximum absolute atomic E-state index is 11.0. The first-order chi connectivity index (χ1) is 7.08. The van der Waals surface area contributed by atoms with Crippen LogP contribution in [0.3, 0.4) is 0 Å². The lowest BCUT2D eigenvalue weighted by molar-refractivity contribution is -0.116. The van der Waals surface area contributed by atoms with Crippen molar-refractivity contribution in [1.29, 1.82) is 0 Å². The van der Waals surface area contributed by atoms with Crippen molar-refractivity contribution in [3.8, 4) is 0 Å². The van der Waals surface area contributed by atoms with Gasteiger partial charge in [0, 0.05) is 13.5 Å². The first-order valence-electron chi connectivity index (χ1n) is 4.99. The molecule has 0 bridgehead atoms. The van der Waals surface area contributed by atoms with Gasteiger partial charge in [0.15, 0.2) is 0 Å². The summed E-state index contributed by atoms with van der Waals surface area (Å²) in [4.78, 5) is 15.4. The molecule has 3 nitrogen and oxygen atoms in total. The predicted octanol–water partition coefficient (Wildman–Crippen LogP) is 2.01. The Bertz CT molecular complexity index is 526. The average molecular weight is 202 g/mol. The summed E-state index contributed by atoms with van der Waals surface area (Å²) in [5, 5.41) is 0. The lowest BCUT2D eigenvalue weighted by atomic mass is 10.1. The molecular weight excluding hydrogens is 188 g/mol. The molecule has 1 aromatic heterocycles. The smallest absolute Gasteiger partial charge is 0.134 e. The number of aryl methyl sites for hydroxylation is 2. The first kappa shape index (κ1) is 9.90. The summed E-state index contributed by atoms with van der Waals surface area (Å²) in [5.74, 6) is 1.17. The molecule has 0 saturated heterocycles. The third-order valence-electron chi connectivity index (χ3n) is 2.62. The van der Waals surface area contributed by atoms with Crippen molar-refractivity contribution in [2.24, 2.45) is 7.05 Å². The number of ketones is 1. The quantitative estimate of drug-likeness (QED) is 0.746. The Morgan fingerprint density at radius 2 is 2.20 bits per heavy atom. The summed E-state index contributed by atoms with van der Waals surface area (Å²) in [6.07, 6.45) is 0.492. The molecule has 0 aliphatic rings. The van der Waals surface area contributed by atoms with E-state index < -0.39 is 0 Å². The second-order valence-corrected chi connectivity index (χ2v) is 3.92. The zero-order chi connectivity index (χ0) is 11.0. The van der Waals surface area contributed by atoms with Crippen molar-refractivity contribution in [3.63, 3.8) is 0 Å². The molecule has 0 fully saturated rings. The zero-order valence-electron chi connectivity index (χ0n) is 9.24. The number of hydrogen-bond donors (Lipinski definition) is 0. The number of nitrogens with zero attached hydrogens (tertiary/aromatic N) is 2. The number of imidazole rings is 1. The van der Waals surface area contributed by atoms with Crippen molar-refractivity contribution in [2.75, 3.05) is 0 Å². The van der Waals surface area contributed by atoms with Gasteiger partial charge in [-0.2, -0.15) is 0 Å². The van der Waals surface area contributed by atoms with Gasteiger partial charge >= 0.3 is 0 Å². The van der Waals surface area contributed by atoms with Gasteiger partial charge in [0.1, 0.15) is 11.6 Å². The molecule has 2 aromatic rings. The normalized spacial score (nSPS) is 10.9. The fourth-order valence-electron chi connectivity index (χ4n) is 1.76. The van der Waals surface area contributed by atoms with Crippen LogP contribution in [0.2, 0.25) is 0 Å². The van der Waals surface area contributed by atoms with E-state index in [2.05, 4.69) is 4.98 Å². The largest absolute Gasteiger partial charge is 0.331 e. The number of Topliss-reactive ketones (excluding diaryl/α,β-unsaturated/α-hetero) is 1. The average Bonchev–Trinajstić information content (AvgIpc) is 2.41. The second-order valence-electron chi connectivity index (χ2n) is 3.92. The summed E-state index contributed by atoms with van der Waals surface area (Å²) >= 11 is 0. The van der Waals surface area contributed by atoms with E-state index in [0.29, 0.717) is 6.42 Å². The maximum atomic E-state index is 11.0. The van der Waals surface area contributed by atoms with E-state index in [1.807, 2.05) is 36.7 Å². The van der Waals surface area contributed by atoms with Gasteiger partial charge in [0.2, 0.25) is 0 Å². The second kappa shape index (κ2) is 3.50. The van der Waals surface area contributed by atoms with Crippen LogP contribution in [0.5, 0.6) is 0 Å². The van der Waals surface area contributed by atoms with E-state index in [0.717, 1.165) is 22.4 Å². The molecule has 0 aliphatic carbocycles. The van der Waals surface area contributed by atoms with Gasteiger partial charge in [-0.3, -0.25) is 4.79 Å². The predicted molar refractivity (Wildman–Crippen MR) is 59.8 cm³/mol. The van der Waals surface area contributed by atoms with Crippen molar-refractivity contribution >= 4 is 16.8 Å². The minimum atomic E-state index is 0.182. The highest BCUT2D eigenvalue weighted by Gasteiger charge is 2.05. The van der Waals surface area contributed by atoms with E-state index in [-0.39, 0.29) is 5.78 Å². The highest BCUT2D eigenvalue weighted by atomic mass is 16.1. The molecule has 0 amide bonds. The Morgan fingerprint density at radius 3 is 2.87 bits per heavy atom. The van der Waals surface area contributed by atoms with Crippen LogP contribution in [0.1, 0.15) is 18.3 Å². The van der Waals surface area contributed by atoms with Crippen molar-refractivity contribution in [1.82, 2.24) is 9.55 Å². The fourth-order valence-corrected chi connectivity index (χ4v) is 1.76. The molecular formula is C12H14N2O. The van der Waals surface area contributed by atoms with Crippen LogP contribution in [-0.4, -0.2) is 15.3 Å². The zero-order valence-corrected chi connectivity index (χ0v) is 9.24. The molecule has 3 heteroatoms. The summed E-state index contributed by atoms with van der Waals surface area (Å²) in [5.41, 5.74) is 3.11. The molecule has 2 rings (SSSR count). The molecule has 78 valence electrons. The molecule has 0 atom stereocenters. The minimum Gasteiger partial charge on any atom is -0.331 e. The number of carbonyl (C=O) groups excluding carboxylic acids is 1. The molecule has 0 aliphatic heterocycles. The van der Waals surface area contributed by atoms with Crippen LogP contribution < -0.4 is 0 Å². The molecule has 0 radical (unpaired) electrons. The van der Waals surface area contributed by atoms with Crippen LogP contribution in [0.15, 0.2) is 18.2 Å². The highest BCUT2D eigenvalue weighted by Crippen LogP contribution is 2.16. The van der Waals surface area contributed by atoms with Gasteiger partial charge in [0.05, 0.1) is 11.0 Å². The van der Waals surface area contributed by atoms with Crippen molar-refractivity contribution in [3.05, 3.63) is 29.6 Å². The Hall–Kier alpha value is -1.64. The molecule has 0 saturated carbocycles. The Labute approximate surface area is 88.7 Å². The molecule has 15 heavy (non-hydrogen) atoms. The van der Waals surface area contributed by atoms with Crippen LogP contribution in [0.4, 0.5) is 0 Å². The number of fused-ring (bicyclic) bond motifs is 1. The number of rotatable bonds is 2. The van der Waals surface area contributed by atoms with Crippen LogP contribution >= 0.6 is 0 Å². The topological polar surface area (TPSA) is 34.9 Å². The third-order valence-corrected chi connectivity index (χ3v) is 2.62. The minimum absolute atomic E-state index is 0.182. The van der Waals surface area contributed by atoms with Crippen molar-refractivity contribution in [2.45, 2.75) is 20.3 Å². The van der Waals surface area contributed by atoms with Crippen LogP contribution in [0.25, 0.3) is 11.0 Å². The van der Waals surface area contributed by atoms with E-state index in [1.165, 1.54) is 0 Å². The molecule has 1 heterocycles. The van der Waals surface area contributed by atoms with E-state index in [1.54, 1.807) is 6.92 Å². The molecule has 0 unspecified atom stereocenters. The first-order valence-corrected chi connectivity index (χ1v) is 4.99. The molecule has 1 aromatic carbocycles.